The van der Waals surface area contributed by atoms with Crippen LogP contribution in [0, 0.1) is 5.92 Å². The number of rotatable bonds is 8. The Morgan fingerprint density at radius 2 is 1.43 bits per heavy atom. The molecule has 0 aliphatic carbocycles. The average Bonchev–Trinajstić information content (AvgIpc) is 2.88. The second kappa shape index (κ2) is 11.8. The zero-order valence-corrected chi connectivity index (χ0v) is 23.8. The number of carbonyl (C=O) groups is 1. The number of piperidine rings is 1. The third-order valence-corrected chi connectivity index (χ3v) is 11.2. The molecule has 3 aromatic carbocycles. The molecule has 0 N–H and O–H groups in total. The van der Waals surface area contributed by atoms with E-state index in [1.54, 1.807) is 0 Å². The molecule has 2 atom stereocenters. The first-order valence-electron chi connectivity index (χ1n) is 12.8. The van der Waals surface area contributed by atoms with Gasteiger partial charge in [0.15, 0.2) is 6.10 Å². The summed E-state index contributed by atoms with van der Waals surface area (Å²) in [4.78, 5) is 17.2. The van der Waals surface area contributed by atoms with Gasteiger partial charge in [0.05, 0.1) is 6.61 Å². The molecule has 3 aromatic rings. The van der Waals surface area contributed by atoms with Gasteiger partial charge in [-0.2, -0.15) is 0 Å². The Kier molecular flexibility index (Phi) is 8.73. The molecule has 0 spiro atoms. The summed E-state index contributed by atoms with van der Waals surface area (Å²) in [5.41, 5.74) is 1.18. The van der Waals surface area contributed by atoms with Gasteiger partial charge in [0.25, 0.3) is 0 Å². The van der Waals surface area contributed by atoms with Crippen molar-refractivity contribution in [3.05, 3.63) is 96.6 Å². The van der Waals surface area contributed by atoms with Crippen LogP contribution in [0.4, 0.5) is 0 Å². The van der Waals surface area contributed by atoms with Crippen molar-refractivity contribution in [1.29, 1.82) is 0 Å². The van der Waals surface area contributed by atoms with Gasteiger partial charge in [-0.3, -0.25) is 4.79 Å². The second-order valence-corrected chi connectivity index (χ2v) is 14.4. The van der Waals surface area contributed by atoms with E-state index in [0.717, 1.165) is 6.54 Å². The van der Waals surface area contributed by atoms with E-state index < -0.39 is 16.4 Å². The van der Waals surface area contributed by atoms with E-state index >= 15 is 0 Å². The fraction of sp³-hybridized carbons (Fsp3) is 0.355. The van der Waals surface area contributed by atoms with E-state index in [-0.39, 0.29) is 16.6 Å². The lowest BCUT2D eigenvalue weighted by molar-refractivity contribution is -0.144. The smallest absolute Gasteiger partial charge is 0.303 e. The fourth-order valence-electron chi connectivity index (χ4n) is 5.03. The molecule has 1 heterocycles. The van der Waals surface area contributed by atoms with Crippen molar-refractivity contribution in [3.63, 3.8) is 0 Å². The Morgan fingerprint density at radius 3 is 1.92 bits per heavy atom. The summed E-state index contributed by atoms with van der Waals surface area (Å²) in [6.45, 7) is 10.2. The molecular weight excluding hydrogens is 498 g/mol. The van der Waals surface area contributed by atoms with Crippen LogP contribution in [0.3, 0.4) is 0 Å². The monoisotopic (exact) mass is 535 g/mol. The summed E-state index contributed by atoms with van der Waals surface area (Å²) < 4.78 is 12.7. The van der Waals surface area contributed by atoms with Crippen LogP contribution >= 0.6 is 22.5 Å². The number of nitrogens with zero attached hydrogens (tertiary/aromatic N) is 1. The lowest BCUT2D eigenvalue weighted by atomic mass is 9.96. The summed E-state index contributed by atoms with van der Waals surface area (Å²) in [6, 6.07) is 31.5. The van der Waals surface area contributed by atoms with E-state index in [1.165, 1.54) is 22.3 Å². The van der Waals surface area contributed by atoms with Crippen molar-refractivity contribution in [2.24, 2.45) is 5.92 Å². The number of likely N-dealkylation sites (tertiary alicyclic amines) is 1. The maximum absolute atomic E-state index is 11.9. The fourth-order valence-corrected chi connectivity index (χ4v) is 9.10. The standard InChI is InChI=1S/C31H37NO3S2/c1-24(33)35-29-20-26(22-32(30(29)36)21-25-14-8-5-9-15-25)23-34-37(31(2,3)4,27-16-10-6-11-17-27)28-18-12-7-13-19-28/h5-19,26,29H,20-23H2,1-4H3. The van der Waals surface area contributed by atoms with E-state index in [9.17, 15) is 4.79 Å². The number of ether oxygens (including phenoxy) is 1. The summed E-state index contributed by atoms with van der Waals surface area (Å²) in [6.07, 6.45) is 0.235. The van der Waals surface area contributed by atoms with Gasteiger partial charge in [0.1, 0.15) is 4.99 Å². The normalized spacial score (nSPS) is 18.9. The number of thiocarbonyl (C=S) groups is 1. The van der Waals surface area contributed by atoms with Crippen molar-refractivity contribution in [2.75, 3.05) is 13.2 Å². The molecule has 2 unspecified atom stereocenters. The Labute approximate surface area is 228 Å². The third-order valence-electron chi connectivity index (χ3n) is 6.63. The van der Waals surface area contributed by atoms with Gasteiger partial charge in [0.2, 0.25) is 0 Å². The van der Waals surface area contributed by atoms with Gasteiger partial charge < -0.3 is 13.8 Å². The van der Waals surface area contributed by atoms with Crippen LogP contribution in [-0.2, 0) is 20.3 Å². The molecule has 4 nitrogen and oxygen atoms in total. The average molecular weight is 536 g/mol. The van der Waals surface area contributed by atoms with Gasteiger partial charge in [-0.1, -0.05) is 89.3 Å². The predicted molar refractivity (Wildman–Crippen MR) is 156 cm³/mol. The highest BCUT2D eigenvalue weighted by Crippen LogP contribution is 2.71. The minimum absolute atomic E-state index is 0.154. The van der Waals surface area contributed by atoms with Gasteiger partial charge in [0, 0.05) is 40.5 Å². The highest BCUT2D eigenvalue weighted by Gasteiger charge is 2.43. The molecule has 4 rings (SSSR count). The molecule has 1 fully saturated rings. The topological polar surface area (TPSA) is 38.8 Å². The molecule has 0 saturated carbocycles. The van der Waals surface area contributed by atoms with Crippen LogP contribution in [0.15, 0.2) is 101 Å². The third kappa shape index (κ3) is 6.25. The molecule has 0 radical (unpaired) electrons. The van der Waals surface area contributed by atoms with Crippen molar-refractivity contribution >= 4 is 33.5 Å². The Morgan fingerprint density at radius 1 is 0.919 bits per heavy atom. The molecule has 1 aliphatic rings. The molecule has 0 aromatic heterocycles. The minimum Gasteiger partial charge on any atom is -0.455 e. The largest absolute Gasteiger partial charge is 0.455 e. The summed E-state index contributed by atoms with van der Waals surface area (Å²) >= 11 is 5.80. The van der Waals surface area contributed by atoms with Crippen molar-refractivity contribution in [2.45, 2.75) is 61.3 Å². The number of hydrogen-bond donors (Lipinski definition) is 0. The molecule has 6 heteroatoms. The Bertz CT molecular complexity index is 1140. The first kappa shape index (κ1) is 27.4. The van der Waals surface area contributed by atoms with E-state index in [1.807, 2.05) is 18.2 Å². The van der Waals surface area contributed by atoms with Crippen LogP contribution in [0.5, 0.6) is 0 Å². The van der Waals surface area contributed by atoms with E-state index in [2.05, 4.69) is 98.5 Å². The highest BCUT2D eigenvalue weighted by atomic mass is 32.3. The lowest BCUT2D eigenvalue weighted by Gasteiger charge is -2.51. The Balaban J connectivity index is 1.65. The van der Waals surface area contributed by atoms with Crippen molar-refractivity contribution in [1.82, 2.24) is 4.90 Å². The van der Waals surface area contributed by atoms with Gasteiger partial charge in [-0.25, -0.2) is 0 Å². The molecule has 0 amide bonds. The molecular formula is C31H37NO3S2. The van der Waals surface area contributed by atoms with Gasteiger partial charge in [-0.05, 0) is 57.0 Å². The summed E-state index contributed by atoms with van der Waals surface area (Å²) in [7, 11) is -1.86. The predicted octanol–water partition coefficient (Wildman–Crippen LogP) is 7.42. The molecule has 1 saturated heterocycles. The second-order valence-electron chi connectivity index (χ2n) is 10.5. The Hall–Kier alpha value is -2.67. The zero-order chi connectivity index (χ0) is 26.5. The molecule has 1 aliphatic heterocycles. The quantitative estimate of drug-likeness (QED) is 0.222. The summed E-state index contributed by atoms with van der Waals surface area (Å²) in [5.74, 6) is -0.154. The molecule has 0 bridgehead atoms. The summed E-state index contributed by atoms with van der Waals surface area (Å²) in [5, 5.41) is 0. The number of benzene rings is 3. The van der Waals surface area contributed by atoms with E-state index in [4.69, 9.17) is 21.1 Å². The number of carbonyl (C=O) groups excluding carboxylic acids is 1. The maximum atomic E-state index is 11.9. The highest BCUT2D eigenvalue weighted by molar-refractivity contribution is 8.31. The van der Waals surface area contributed by atoms with Crippen LogP contribution in [-0.4, -0.2) is 39.9 Å². The van der Waals surface area contributed by atoms with Crippen molar-refractivity contribution < 1.29 is 13.7 Å². The lowest BCUT2D eigenvalue weighted by Crippen LogP contribution is -2.49. The SMILES string of the molecule is CC(=O)OC1CC(COS(c2ccccc2)(c2ccccc2)C(C)(C)C)CN(Cc2ccccc2)C1=S. The minimum atomic E-state index is -1.86. The van der Waals surface area contributed by atoms with Gasteiger partial charge >= 0.3 is 5.97 Å². The van der Waals surface area contributed by atoms with Gasteiger partial charge in [-0.15, -0.1) is 0 Å². The zero-order valence-electron chi connectivity index (χ0n) is 22.1. The van der Waals surface area contributed by atoms with E-state index in [0.29, 0.717) is 24.6 Å². The molecule has 37 heavy (non-hydrogen) atoms. The van der Waals surface area contributed by atoms with Crippen LogP contribution in [0.1, 0.15) is 39.7 Å². The molecule has 196 valence electrons. The maximum Gasteiger partial charge on any atom is 0.303 e. The number of hydrogen-bond acceptors (Lipinski definition) is 4. The van der Waals surface area contributed by atoms with Crippen LogP contribution < -0.4 is 0 Å². The first-order valence-corrected chi connectivity index (χ1v) is 14.7. The van der Waals surface area contributed by atoms with Crippen LogP contribution in [0.25, 0.3) is 0 Å². The number of esters is 1. The van der Waals surface area contributed by atoms with Crippen LogP contribution in [0.2, 0.25) is 0 Å². The van der Waals surface area contributed by atoms with Crippen molar-refractivity contribution in [3.8, 4) is 0 Å². The first-order chi connectivity index (χ1) is 17.7.